The van der Waals surface area contributed by atoms with Gasteiger partial charge in [0.25, 0.3) is 0 Å². The van der Waals surface area contributed by atoms with Gasteiger partial charge in [0.2, 0.25) is 0 Å². The van der Waals surface area contributed by atoms with E-state index in [-0.39, 0.29) is 6.42 Å². The molecule has 0 unspecified atom stereocenters. The highest BCUT2D eigenvalue weighted by Crippen LogP contribution is 2.30. The molecule has 1 aromatic carbocycles. The van der Waals surface area contributed by atoms with E-state index in [1.165, 1.54) is 4.57 Å². The molecule has 0 saturated heterocycles. The summed E-state index contributed by atoms with van der Waals surface area (Å²) in [5.74, 6) is -0.476. The summed E-state index contributed by atoms with van der Waals surface area (Å²) in [6, 6.07) is 4.77. The number of nitrogens with two attached hydrogens (primary N) is 1. The lowest BCUT2D eigenvalue weighted by Gasteiger charge is -2.22. The van der Waals surface area contributed by atoms with E-state index in [0.717, 1.165) is 15.4 Å². The largest absolute Gasteiger partial charge is 0.459 e. The topological polar surface area (TPSA) is 83.5 Å². The second-order valence-corrected chi connectivity index (χ2v) is 9.34. The Kier molecular flexibility index (Phi) is 6.06. The Balaban J connectivity index is 2.40. The van der Waals surface area contributed by atoms with Crippen LogP contribution >= 0.6 is 15.9 Å². The predicted octanol–water partition coefficient (Wildman–Crippen LogP) is 4.40. The van der Waals surface area contributed by atoms with Gasteiger partial charge in [-0.25, -0.2) is 4.79 Å². The van der Waals surface area contributed by atoms with Gasteiger partial charge in [0.15, 0.2) is 0 Å². The summed E-state index contributed by atoms with van der Waals surface area (Å²) < 4.78 is 13.1. The Morgan fingerprint density at radius 2 is 1.70 bits per heavy atom. The zero-order valence-corrected chi connectivity index (χ0v) is 18.2. The van der Waals surface area contributed by atoms with Crippen LogP contribution in [0.1, 0.15) is 47.1 Å². The molecule has 1 heterocycles. The summed E-state index contributed by atoms with van der Waals surface area (Å²) in [7, 11) is 0. The SMILES string of the molecule is CC(C)(C)OC(=O)[C@@H](N)Cc1cn(C(=O)OC(C)(C)C)c2c(Br)cccc12. The van der Waals surface area contributed by atoms with Gasteiger partial charge in [-0.2, -0.15) is 0 Å². The van der Waals surface area contributed by atoms with Crippen LogP contribution in [0.15, 0.2) is 28.9 Å². The van der Waals surface area contributed by atoms with Gasteiger partial charge in [-0.15, -0.1) is 0 Å². The van der Waals surface area contributed by atoms with Gasteiger partial charge >= 0.3 is 12.1 Å². The Morgan fingerprint density at radius 1 is 1.11 bits per heavy atom. The molecule has 7 heteroatoms. The number of ether oxygens (including phenoxy) is 2. The highest BCUT2D eigenvalue weighted by molar-refractivity contribution is 9.10. The summed E-state index contributed by atoms with van der Waals surface area (Å²) in [6.07, 6.45) is 1.43. The molecule has 0 bridgehead atoms. The van der Waals surface area contributed by atoms with Crippen molar-refractivity contribution in [2.75, 3.05) is 0 Å². The van der Waals surface area contributed by atoms with E-state index >= 15 is 0 Å². The molecule has 0 spiro atoms. The first-order chi connectivity index (χ1) is 12.3. The van der Waals surface area contributed by atoms with Gasteiger partial charge < -0.3 is 15.2 Å². The van der Waals surface area contributed by atoms with E-state index in [1.807, 2.05) is 39.0 Å². The van der Waals surface area contributed by atoms with Crippen molar-refractivity contribution < 1.29 is 19.1 Å². The monoisotopic (exact) mass is 438 g/mol. The highest BCUT2D eigenvalue weighted by Gasteiger charge is 2.26. The molecule has 0 aliphatic carbocycles. The van der Waals surface area contributed by atoms with E-state index in [4.69, 9.17) is 15.2 Å². The van der Waals surface area contributed by atoms with Crippen LogP contribution in [-0.4, -0.2) is 33.9 Å². The summed E-state index contributed by atoms with van der Waals surface area (Å²) in [6.45, 7) is 10.8. The van der Waals surface area contributed by atoms with Crippen molar-refractivity contribution in [3.63, 3.8) is 0 Å². The fraction of sp³-hybridized carbons (Fsp3) is 0.500. The minimum Gasteiger partial charge on any atom is -0.459 e. The molecular formula is C20H27BrN2O4. The summed E-state index contributed by atoms with van der Waals surface area (Å²) in [5, 5.41) is 0.828. The zero-order chi connectivity index (χ0) is 20.6. The lowest BCUT2D eigenvalue weighted by atomic mass is 10.1. The average Bonchev–Trinajstić information content (AvgIpc) is 2.84. The normalized spacial score (nSPS) is 13.5. The Hall–Kier alpha value is -1.86. The second kappa shape index (κ2) is 7.64. The fourth-order valence-electron chi connectivity index (χ4n) is 2.62. The maximum atomic E-state index is 12.6. The molecule has 0 fully saturated rings. The molecule has 2 aromatic rings. The minimum atomic E-state index is -0.833. The average molecular weight is 439 g/mol. The number of halogens is 1. The van der Waals surface area contributed by atoms with Crippen molar-refractivity contribution in [1.82, 2.24) is 4.57 Å². The van der Waals surface area contributed by atoms with Crippen LogP contribution in [-0.2, 0) is 20.7 Å². The van der Waals surface area contributed by atoms with Crippen molar-refractivity contribution in [2.24, 2.45) is 5.73 Å². The van der Waals surface area contributed by atoms with E-state index in [2.05, 4.69) is 15.9 Å². The Morgan fingerprint density at radius 3 is 2.26 bits per heavy atom. The molecule has 27 heavy (non-hydrogen) atoms. The molecule has 0 aliphatic heterocycles. The lowest BCUT2D eigenvalue weighted by Crippen LogP contribution is -2.38. The molecule has 2 rings (SSSR count). The number of esters is 1. The van der Waals surface area contributed by atoms with Crippen LogP contribution in [0.2, 0.25) is 0 Å². The fourth-order valence-corrected chi connectivity index (χ4v) is 3.18. The van der Waals surface area contributed by atoms with Crippen molar-refractivity contribution in [3.8, 4) is 0 Å². The molecule has 0 amide bonds. The number of rotatable bonds is 3. The number of fused-ring (bicyclic) bond motifs is 1. The van der Waals surface area contributed by atoms with E-state index in [1.54, 1.807) is 27.0 Å². The summed E-state index contributed by atoms with van der Waals surface area (Å²) in [5.41, 5.74) is 6.28. The Bertz CT molecular complexity index is 859. The number of hydrogen-bond acceptors (Lipinski definition) is 5. The molecular weight excluding hydrogens is 412 g/mol. The quantitative estimate of drug-likeness (QED) is 0.717. The van der Waals surface area contributed by atoms with Crippen LogP contribution in [0, 0.1) is 0 Å². The molecule has 2 N–H and O–H groups in total. The van der Waals surface area contributed by atoms with E-state index < -0.39 is 29.3 Å². The van der Waals surface area contributed by atoms with E-state index in [0.29, 0.717) is 5.52 Å². The highest BCUT2D eigenvalue weighted by atomic mass is 79.9. The number of nitrogens with zero attached hydrogens (tertiary/aromatic N) is 1. The van der Waals surface area contributed by atoms with Gasteiger partial charge in [-0.1, -0.05) is 12.1 Å². The third-order valence-electron chi connectivity index (χ3n) is 3.60. The van der Waals surface area contributed by atoms with Gasteiger partial charge in [0.05, 0.1) is 5.52 Å². The number of aromatic nitrogens is 1. The van der Waals surface area contributed by atoms with Crippen molar-refractivity contribution in [3.05, 3.63) is 34.4 Å². The van der Waals surface area contributed by atoms with Crippen LogP contribution in [0.3, 0.4) is 0 Å². The van der Waals surface area contributed by atoms with Crippen LogP contribution in [0.25, 0.3) is 10.9 Å². The molecule has 1 atom stereocenters. The standard InChI is InChI=1S/C20H27BrN2O4/c1-19(2,3)26-17(24)15(22)10-12-11-23(18(25)27-20(4,5)6)16-13(12)8-7-9-14(16)21/h7-9,11,15H,10,22H2,1-6H3/t15-/m0/s1. The predicted molar refractivity (Wildman–Crippen MR) is 109 cm³/mol. The van der Waals surface area contributed by atoms with Crippen LogP contribution < -0.4 is 5.73 Å². The second-order valence-electron chi connectivity index (χ2n) is 8.48. The molecule has 6 nitrogen and oxygen atoms in total. The maximum absolute atomic E-state index is 12.6. The first-order valence-electron chi connectivity index (χ1n) is 8.79. The zero-order valence-electron chi connectivity index (χ0n) is 16.6. The number of carbonyl (C=O) groups excluding carboxylic acids is 2. The number of hydrogen-bond donors (Lipinski definition) is 1. The van der Waals surface area contributed by atoms with Gasteiger partial charge in [-0.3, -0.25) is 9.36 Å². The van der Waals surface area contributed by atoms with E-state index in [9.17, 15) is 9.59 Å². The van der Waals surface area contributed by atoms with Gasteiger partial charge in [-0.05, 0) is 69.1 Å². The number of benzene rings is 1. The molecule has 148 valence electrons. The number of para-hydroxylation sites is 1. The first kappa shape index (κ1) is 21.4. The smallest absolute Gasteiger partial charge is 0.419 e. The Labute approximate surface area is 168 Å². The molecule has 0 saturated carbocycles. The molecule has 0 radical (unpaired) electrons. The maximum Gasteiger partial charge on any atom is 0.419 e. The van der Waals surface area contributed by atoms with Crippen molar-refractivity contribution >= 4 is 38.9 Å². The first-order valence-corrected chi connectivity index (χ1v) is 9.58. The van der Waals surface area contributed by atoms with Crippen LogP contribution in [0.5, 0.6) is 0 Å². The third-order valence-corrected chi connectivity index (χ3v) is 4.24. The lowest BCUT2D eigenvalue weighted by molar-refractivity contribution is -0.156. The van der Waals surface area contributed by atoms with Gasteiger partial charge in [0.1, 0.15) is 17.2 Å². The molecule has 1 aromatic heterocycles. The van der Waals surface area contributed by atoms with Crippen molar-refractivity contribution in [2.45, 2.75) is 65.2 Å². The number of carbonyl (C=O) groups is 2. The summed E-state index contributed by atoms with van der Waals surface area (Å²) >= 11 is 3.49. The molecule has 0 aliphatic rings. The van der Waals surface area contributed by atoms with Gasteiger partial charge in [0, 0.05) is 22.5 Å². The van der Waals surface area contributed by atoms with Crippen molar-refractivity contribution in [1.29, 1.82) is 0 Å². The summed E-state index contributed by atoms with van der Waals surface area (Å²) in [4.78, 5) is 24.9. The minimum absolute atomic E-state index is 0.248. The third kappa shape index (κ3) is 5.56. The van der Waals surface area contributed by atoms with Crippen LogP contribution in [0.4, 0.5) is 4.79 Å².